The molecule has 0 N–H and O–H groups in total. The van der Waals surface area contributed by atoms with Crippen molar-refractivity contribution >= 4 is 27.4 Å². The normalized spacial score (nSPS) is 14.1. The molecule has 0 amide bonds. The van der Waals surface area contributed by atoms with Crippen molar-refractivity contribution < 1.29 is 0 Å². The summed E-state index contributed by atoms with van der Waals surface area (Å²) in [6.07, 6.45) is 1.86. The Kier molecular flexibility index (Phi) is 5.09. The molecule has 0 spiro atoms. The van der Waals surface area contributed by atoms with Gasteiger partial charge < -0.3 is 4.90 Å². The summed E-state index contributed by atoms with van der Waals surface area (Å²) in [4.78, 5) is 2.18. The van der Waals surface area contributed by atoms with Crippen LogP contribution in [0.1, 0.15) is 0 Å². The SMILES string of the molecule is C=C/C=I(=C)/CN(C)C. The van der Waals surface area contributed by atoms with Crippen LogP contribution in [0.3, 0.4) is 0 Å². The van der Waals surface area contributed by atoms with Gasteiger partial charge in [-0.05, 0) is 18.1 Å². The van der Waals surface area contributed by atoms with E-state index in [1.807, 2.05) is 6.08 Å². The molecule has 1 nitrogen and oxygen atoms in total. The first-order valence-electron chi connectivity index (χ1n) is 2.70. The molecule has 2 heteroatoms. The standard InChI is InChI=1S/C7H14IN/c1-5-6-8(2)7-9(3)4/h5-6H,1-2,7H2,3-4H3. The minimum atomic E-state index is -0.981. The fraction of sp³-hybridized carbons (Fsp3) is 0.429. The van der Waals surface area contributed by atoms with E-state index in [0.29, 0.717) is 0 Å². The number of hydrogen-bond acceptors (Lipinski definition) is 1. The van der Waals surface area contributed by atoms with E-state index in [1.165, 1.54) is 0 Å². The van der Waals surface area contributed by atoms with E-state index in [1.54, 1.807) is 0 Å². The molecule has 0 fully saturated rings. The zero-order chi connectivity index (χ0) is 7.28. The van der Waals surface area contributed by atoms with Crippen molar-refractivity contribution in [2.45, 2.75) is 0 Å². The monoisotopic (exact) mass is 239 g/mol. The smallest absolute Gasteiger partial charge is 0.0405 e. The summed E-state index contributed by atoms with van der Waals surface area (Å²) in [6.45, 7) is 3.63. The van der Waals surface area contributed by atoms with Gasteiger partial charge in [0.2, 0.25) is 0 Å². The average molecular weight is 239 g/mol. The minimum absolute atomic E-state index is 0.981. The van der Waals surface area contributed by atoms with Crippen molar-refractivity contribution in [3.63, 3.8) is 0 Å². The molecule has 0 aromatic rings. The number of hydrogen-bond donors (Lipinski definition) is 0. The lowest BCUT2D eigenvalue weighted by atomic mass is 10.8. The Morgan fingerprint density at radius 3 is 2.44 bits per heavy atom. The van der Waals surface area contributed by atoms with Crippen LogP contribution in [-0.2, 0) is 0 Å². The zero-order valence-electron chi connectivity index (χ0n) is 6.10. The van der Waals surface area contributed by atoms with Gasteiger partial charge in [0.05, 0.1) is 0 Å². The Labute approximate surface area is 63.7 Å². The summed E-state index contributed by atoms with van der Waals surface area (Å²) in [7, 11) is 4.15. The molecule has 0 saturated heterocycles. The molecule has 0 aromatic carbocycles. The summed E-state index contributed by atoms with van der Waals surface area (Å²) >= 11 is -0.981. The molecule has 0 heterocycles. The lowest BCUT2D eigenvalue weighted by molar-refractivity contribution is 0.496. The van der Waals surface area contributed by atoms with Gasteiger partial charge in [0.25, 0.3) is 0 Å². The van der Waals surface area contributed by atoms with Gasteiger partial charge in [0.15, 0.2) is 0 Å². The van der Waals surface area contributed by atoms with Crippen molar-refractivity contribution in [3.8, 4) is 0 Å². The Hall–Kier alpha value is 0.170. The fourth-order valence-corrected chi connectivity index (χ4v) is 3.17. The number of rotatable bonds is 3. The molecule has 54 valence electrons. The summed E-state index contributed by atoms with van der Waals surface area (Å²) in [5.41, 5.74) is 0. The van der Waals surface area contributed by atoms with Crippen molar-refractivity contribution in [1.29, 1.82) is 0 Å². The molecule has 0 saturated carbocycles. The van der Waals surface area contributed by atoms with Crippen LogP contribution >= 0.6 is 18.9 Å². The molecule has 0 aromatic heterocycles. The third-order valence-corrected chi connectivity index (χ3v) is 4.43. The summed E-state index contributed by atoms with van der Waals surface area (Å²) < 4.78 is 7.36. The van der Waals surface area contributed by atoms with E-state index >= 15 is 0 Å². The van der Waals surface area contributed by atoms with Crippen molar-refractivity contribution in [2.75, 3.05) is 18.6 Å². The topological polar surface area (TPSA) is 3.24 Å². The van der Waals surface area contributed by atoms with Gasteiger partial charge in [-0.2, -0.15) is 0 Å². The third kappa shape index (κ3) is 6.05. The van der Waals surface area contributed by atoms with Crippen LogP contribution in [0.5, 0.6) is 0 Å². The molecule has 0 aliphatic heterocycles. The predicted octanol–water partition coefficient (Wildman–Crippen LogP) is 1.43. The number of halogens is 1. The van der Waals surface area contributed by atoms with Gasteiger partial charge in [-0.25, -0.2) is 0 Å². The Balaban J connectivity index is 3.77. The van der Waals surface area contributed by atoms with E-state index in [-0.39, 0.29) is 0 Å². The molecule has 0 aliphatic carbocycles. The number of allylic oxidation sites excluding steroid dienone is 1. The quantitative estimate of drug-likeness (QED) is 0.409. The molecular weight excluding hydrogens is 225 g/mol. The molecule has 0 bridgehead atoms. The second-order valence-corrected chi connectivity index (χ2v) is 6.30. The second-order valence-electron chi connectivity index (χ2n) is 2.06. The summed E-state index contributed by atoms with van der Waals surface area (Å²) in [5.74, 6) is 0. The van der Waals surface area contributed by atoms with Gasteiger partial charge in [-0.3, -0.25) is 0 Å². The van der Waals surface area contributed by atoms with Crippen LogP contribution in [0, 0.1) is 0 Å². The molecule has 0 atom stereocenters. The van der Waals surface area contributed by atoms with Crippen LogP contribution in [0.4, 0.5) is 0 Å². The van der Waals surface area contributed by atoms with Crippen molar-refractivity contribution in [3.05, 3.63) is 12.7 Å². The highest BCUT2D eigenvalue weighted by Crippen LogP contribution is 2.04. The second kappa shape index (κ2) is 4.99. The fourth-order valence-electron chi connectivity index (χ4n) is 0.473. The molecule has 0 radical (unpaired) electrons. The molecular formula is C7H14IN. The Morgan fingerprint density at radius 2 is 2.11 bits per heavy atom. The first-order chi connectivity index (χ1) is 4.16. The highest BCUT2D eigenvalue weighted by molar-refractivity contribution is 14.2. The molecule has 0 unspecified atom stereocenters. The zero-order valence-corrected chi connectivity index (χ0v) is 8.26. The third-order valence-electron chi connectivity index (χ3n) is 0.660. The van der Waals surface area contributed by atoms with E-state index in [0.717, 1.165) is 4.55 Å². The van der Waals surface area contributed by atoms with E-state index in [2.05, 4.69) is 34.1 Å². The largest absolute Gasteiger partial charge is 0.301 e. The Morgan fingerprint density at radius 1 is 1.56 bits per heavy atom. The number of nitrogens with zero attached hydrogens (tertiary/aromatic N) is 1. The van der Waals surface area contributed by atoms with Gasteiger partial charge in [0, 0.05) is 4.55 Å². The summed E-state index contributed by atoms with van der Waals surface area (Å²) in [6, 6.07) is 0. The first-order valence-corrected chi connectivity index (χ1v) is 7.00. The first kappa shape index (κ1) is 9.17. The van der Waals surface area contributed by atoms with Crippen molar-refractivity contribution in [2.24, 2.45) is 0 Å². The van der Waals surface area contributed by atoms with Crippen LogP contribution in [0.2, 0.25) is 0 Å². The van der Waals surface area contributed by atoms with Gasteiger partial charge in [-0.1, -0.05) is 17.2 Å². The van der Waals surface area contributed by atoms with E-state index < -0.39 is 18.9 Å². The average Bonchev–Trinajstić information content (AvgIpc) is 1.63. The molecule has 0 rings (SSSR count). The lowest BCUT2D eigenvalue weighted by Crippen LogP contribution is -2.08. The predicted molar refractivity (Wildman–Crippen MR) is 56.0 cm³/mol. The van der Waals surface area contributed by atoms with Crippen LogP contribution in [-0.4, -0.2) is 32.1 Å². The minimum Gasteiger partial charge on any atom is -0.301 e. The maximum atomic E-state index is 4.06. The van der Waals surface area contributed by atoms with Crippen LogP contribution < -0.4 is 0 Å². The van der Waals surface area contributed by atoms with Crippen molar-refractivity contribution in [1.82, 2.24) is 4.90 Å². The lowest BCUT2D eigenvalue weighted by Gasteiger charge is -2.04. The molecule has 9 heavy (non-hydrogen) atoms. The van der Waals surface area contributed by atoms with Crippen LogP contribution in [0.15, 0.2) is 12.7 Å². The highest BCUT2D eigenvalue weighted by Gasteiger charge is 1.81. The van der Waals surface area contributed by atoms with E-state index in [9.17, 15) is 0 Å². The van der Waals surface area contributed by atoms with Crippen LogP contribution in [0.25, 0.3) is 0 Å². The van der Waals surface area contributed by atoms with Gasteiger partial charge >= 0.3 is 0 Å². The highest BCUT2D eigenvalue weighted by atomic mass is 127. The van der Waals surface area contributed by atoms with E-state index in [4.69, 9.17) is 0 Å². The Bertz CT molecular complexity index is 152. The number of alkyl halides is 1. The van der Waals surface area contributed by atoms with Gasteiger partial charge in [0.1, 0.15) is 0 Å². The maximum absolute atomic E-state index is 4.06. The maximum Gasteiger partial charge on any atom is 0.0405 e. The van der Waals surface area contributed by atoms with Gasteiger partial charge in [-0.15, -0.1) is 18.9 Å². The molecule has 0 aliphatic rings. The summed E-state index contributed by atoms with van der Waals surface area (Å²) in [5, 5.41) is 0.